The van der Waals surface area contributed by atoms with Crippen LogP contribution in [0.1, 0.15) is 10.6 Å². The van der Waals surface area contributed by atoms with Gasteiger partial charge in [0.2, 0.25) is 5.91 Å². The van der Waals surface area contributed by atoms with Gasteiger partial charge in [-0.05, 0) is 30.3 Å². The van der Waals surface area contributed by atoms with Gasteiger partial charge in [-0.1, -0.05) is 12.1 Å². The van der Waals surface area contributed by atoms with Crippen molar-refractivity contribution in [3.8, 4) is 11.8 Å². The van der Waals surface area contributed by atoms with Crippen LogP contribution in [0, 0.1) is 11.3 Å². The monoisotopic (exact) mass is 437 g/mol. The summed E-state index contributed by atoms with van der Waals surface area (Å²) in [5.41, 5.74) is 1.15. The van der Waals surface area contributed by atoms with Crippen LogP contribution in [-0.2, 0) is 10.5 Å². The molecule has 0 bridgehead atoms. The van der Waals surface area contributed by atoms with Crippen molar-refractivity contribution >= 4 is 44.9 Å². The van der Waals surface area contributed by atoms with Gasteiger partial charge in [0.05, 0.1) is 21.5 Å². The van der Waals surface area contributed by atoms with Gasteiger partial charge >= 0.3 is 6.18 Å². The normalized spacial score (nSPS) is 11.2. The predicted octanol–water partition coefficient (Wildman–Crippen LogP) is 4.98. The number of hydrogen-bond acceptors (Lipinski definition) is 6. The molecule has 150 valence electrons. The molecule has 1 amide bonds. The topological polar surface area (TPSA) is 75.0 Å². The molecule has 5 nitrogen and oxygen atoms in total. The van der Waals surface area contributed by atoms with Gasteiger partial charge in [0.25, 0.3) is 0 Å². The summed E-state index contributed by atoms with van der Waals surface area (Å²) in [6, 6.07) is 13.5. The Balaban J connectivity index is 1.52. The highest BCUT2D eigenvalue weighted by molar-refractivity contribution is 7.99. The van der Waals surface area contributed by atoms with E-state index in [-0.39, 0.29) is 23.0 Å². The molecule has 1 N–H and O–H groups in total. The van der Waals surface area contributed by atoms with E-state index < -0.39 is 12.8 Å². The van der Waals surface area contributed by atoms with E-state index in [1.807, 2.05) is 24.3 Å². The number of para-hydroxylation sites is 1. The fraction of sp³-hybridized carbons (Fsp3) is 0.211. The van der Waals surface area contributed by atoms with E-state index >= 15 is 0 Å². The van der Waals surface area contributed by atoms with E-state index in [0.717, 1.165) is 15.2 Å². The lowest BCUT2D eigenvalue weighted by Gasteiger charge is -2.11. The average molecular weight is 437 g/mol. The molecule has 2 aromatic carbocycles. The third kappa shape index (κ3) is 6.10. The number of aromatic nitrogens is 1. The number of carbonyl (C=O) groups is 1. The lowest BCUT2D eigenvalue weighted by Crippen LogP contribution is -2.19. The summed E-state index contributed by atoms with van der Waals surface area (Å²) in [5.74, 6) is 0.280. The number of nitrogens with zero attached hydrogens (tertiary/aromatic N) is 2. The minimum Gasteiger partial charge on any atom is -0.483 e. The molecule has 1 aromatic heterocycles. The number of halogens is 3. The Morgan fingerprint density at radius 3 is 2.79 bits per heavy atom. The van der Waals surface area contributed by atoms with Gasteiger partial charge in [-0.15, -0.1) is 23.1 Å². The lowest BCUT2D eigenvalue weighted by atomic mass is 10.2. The molecule has 0 unspecified atom stereocenters. The number of carbonyl (C=O) groups excluding carboxylic acids is 1. The first kappa shape index (κ1) is 21.0. The van der Waals surface area contributed by atoms with Crippen LogP contribution in [0.4, 0.5) is 18.9 Å². The fourth-order valence-corrected chi connectivity index (χ4v) is 4.24. The molecule has 0 spiro atoms. The second kappa shape index (κ2) is 9.15. The number of hydrogen-bond donors (Lipinski definition) is 1. The number of nitriles is 1. The highest BCUT2D eigenvalue weighted by Crippen LogP contribution is 2.26. The van der Waals surface area contributed by atoms with E-state index in [1.54, 1.807) is 17.4 Å². The van der Waals surface area contributed by atoms with Crippen LogP contribution in [0.3, 0.4) is 0 Å². The molecule has 1 heterocycles. The zero-order valence-corrected chi connectivity index (χ0v) is 16.5. The maximum atomic E-state index is 12.3. The number of thiazole rings is 1. The summed E-state index contributed by atoms with van der Waals surface area (Å²) < 4.78 is 42.5. The quantitative estimate of drug-likeness (QED) is 0.564. The van der Waals surface area contributed by atoms with Crippen LogP contribution in [0.15, 0.2) is 42.5 Å². The SMILES string of the molecule is N#Cc1cc(NC(=O)CSCc2nc3ccccc3s2)ccc1OCC(F)(F)F. The maximum Gasteiger partial charge on any atom is 0.422 e. The molecule has 0 atom stereocenters. The number of fused-ring (bicyclic) bond motifs is 1. The van der Waals surface area contributed by atoms with Gasteiger partial charge < -0.3 is 10.1 Å². The Kier molecular flexibility index (Phi) is 6.61. The zero-order chi connectivity index (χ0) is 20.9. The van der Waals surface area contributed by atoms with Crippen LogP contribution in [0.5, 0.6) is 5.75 Å². The zero-order valence-electron chi connectivity index (χ0n) is 14.8. The third-order valence-electron chi connectivity index (χ3n) is 3.57. The highest BCUT2D eigenvalue weighted by atomic mass is 32.2. The Morgan fingerprint density at radius 2 is 2.07 bits per heavy atom. The first-order valence-corrected chi connectivity index (χ1v) is 10.3. The number of alkyl halides is 3. The Bertz CT molecular complexity index is 1030. The Hall–Kier alpha value is -2.77. The van der Waals surface area contributed by atoms with Crippen molar-refractivity contribution in [2.24, 2.45) is 0 Å². The van der Waals surface area contributed by atoms with Crippen LogP contribution < -0.4 is 10.1 Å². The van der Waals surface area contributed by atoms with Gasteiger partial charge in [-0.3, -0.25) is 4.79 Å². The summed E-state index contributed by atoms with van der Waals surface area (Å²) >= 11 is 2.97. The van der Waals surface area contributed by atoms with Crippen LogP contribution in [0.2, 0.25) is 0 Å². The molecule has 0 saturated carbocycles. The summed E-state index contributed by atoms with van der Waals surface area (Å²) in [6.45, 7) is -1.49. The van der Waals surface area contributed by atoms with Crippen molar-refractivity contribution in [3.05, 3.63) is 53.0 Å². The fourth-order valence-electron chi connectivity index (χ4n) is 2.39. The molecule has 0 saturated heterocycles. The molecule has 0 fully saturated rings. The Morgan fingerprint density at radius 1 is 1.28 bits per heavy atom. The molecule has 0 aliphatic carbocycles. The molecule has 3 rings (SSSR count). The molecule has 10 heteroatoms. The number of ether oxygens (including phenoxy) is 1. The second-order valence-electron chi connectivity index (χ2n) is 5.84. The summed E-state index contributed by atoms with van der Waals surface area (Å²) in [4.78, 5) is 16.6. The highest BCUT2D eigenvalue weighted by Gasteiger charge is 2.28. The van der Waals surface area contributed by atoms with Gasteiger partial charge in [-0.2, -0.15) is 18.4 Å². The number of amides is 1. The first-order chi connectivity index (χ1) is 13.8. The van der Waals surface area contributed by atoms with Gasteiger partial charge in [0, 0.05) is 11.4 Å². The van der Waals surface area contributed by atoms with E-state index in [0.29, 0.717) is 11.4 Å². The van der Waals surface area contributed by atoms with Crippen molar-refractivity contribution < 1.29 is 22.7 Å². The van der Waals surface area contributed by atoms with Crippen molar-refractivity contribution in [2.45, 2.75) is 11.9 Å². The molecule has 0 aliphatic heterocycles. The lowest BCUT2D eigenvalue weighted by molar-refractivity contribution is -0.153. The standard InChI is InChI=1S/C19H14F3N3O2S2/c20-19(21,22)11-27-15-6-5-13(7-12(15)8-23)24-17(26)9-28-10-18-25-14-3-1-2-4-16(14)29-18/h1-7H,9-11H2,(H,24,26). The third-order valence-corrected chi connectivity index (χ3v) is 5.73. The average Bonchev–Trinajstić information content (AvgIpc) is 3.09. The van der Waals surface area contributed by atoms with Crippen LogP contribution in [-0.4, -0.2) is 29.4 Å². The number of nitrogens with one attached hydrogen (secondary N) is 1. The van der Waals surface area contributed by atoms with Gasteiger partial charge in [0.1, 0.15) is 16.8 Å². The minimum atomic E-state index is -4.50. The van der Waals surface area contributed by atoms with E-state index in [4.69, 9.17) is 5.26 Å². The van der Waals surface area contributed by atoms with Crippen molar-refractivity contribution in [2.75, 3.05) is 17.7 Å². The van der Waals surface area contributed by atoms with E-state index in [2.05, 4.69) is 15.0 Å². The number of benzene rings is 2. The van der Waals surface area contributed by atoms with Crippen LogP contribution in [0.25, 0.3) is 10.2 Å². The number of rotatable bonds is 7. The predicted molar refractivity (Wildman–Crippen MR) is 107 cm³/mol. The summed E-state index contributed by atoms with van der Waals surface area (Å²) in [5, 5.41) is 12.6. The minimum absolute atomic E-state index is 0.0887. The first-order valence-electron chi connectivity index (χ1n) is 8.30. The number of thioether (sulfide) groups is 1. The molecule has 0 radical (unpaired) electrons. The maximum absolute atomic E-state index is 12.3. The van der Waals surface area contributed by atoms with E-state index in [9.17, 15) is 18.0 Å². The van der Waals surface area contributed by atoms with E-state index in [1.165, 1.54) is 30.0 Å². The molecule has 0 aliphatic rings. The summed E-state index contributed by atoms with van der Waals surface area (Å²) in [7, 11) is 0. The van der Waals surface area contributed by atoms with Crippen molar-refractivity contribution in [1.29, 1.82) is 5.26 Å². The van der Waals surface area contributed by atoms with Gasteiger partial charge in [-0.25, -0.2) is 4.98 Å². The summed E-state index contributed by atoms with van der Waals surface area (Å²) in [6.07, 6.45) is -4.50. The molecular formula is C19H14F3N3O2S2. The molecule has 29 heavy (non-hydrogen) atoms. The number of anilines is 1. The molecular weight excluding hydrogens is 423 g/mol. The molecule has 3 aromatic rings. The van der Waals surface area contributed by atoms with Crippen molar-refractivity contribution in [1.82, 2.24) is 4.98 Å². The van der Waals surface area contributed by atoms with Gasteiger partial charge in [0.15, 0.2) is 6.61 Å². The largest absolute Gasteiger partial charge is 0.483 e. The Labute approximate surface area is 172 Å². The smallest absolute Gasteiger partial charge is 0.422 e. The van der Waals surface area contributed by atoms with Crippen LogP contribution >= 0.6 is 23.1 Å². The van der Waals surface area contributed by atoms with Crippen molar-refractivity contribution in [3.63, 3.8) is 0 Å². The second-order valence-corrected chi connectivity index (χ2v) is 7.94.